The Balaban J connectivity index is 1.70. The maximum atomic E-state index is 4.57. The van der Waals surface area contributed by atoms with Crippen LogP contribution in [0.15, 0.2) is 133 Å². The van der Waals surface area contributed by atoms with Crippen LogP contribution in [0.2, 0.25) is 0 Å². The average molecular weight is 421 g/mol. The van der Waals surface area contributed by atoms with Crippen LogP contribution in [-0.2, 0) is 6.42 Å². The minimum atomic E-state index is 0.870. The van der Waals surface area contributed by atoms with Gasteiger partial charge in [-0.3, -0.25) is 0 Å². The lowest BCUT2D eigenvalue weighted by atomic mass is 9.77. The molecule has 0 spiro atoms. The summed E-state index contributed by atoms with van der Waals surface area (Å²) in [6, 6.07) is 43.6. The van der Waals surface area contributed by atoms with Crippen LogP contribution in [0.25, 0.3) is 33.0 Å². The molecule has 0 nitrogen and oxygen atoms in total. The Hall–Kier alpha value is -4.16. The van der Waals surface area contributed by atoms with Gasteiger partial charge in [-0.25, -0.2) is 0 Å². The van der Waals surface area contributed by atoms with Crippen LogP contribution < -0.4 is 0 Å². The molecule has 0 amide bonds. The Morgan fingerprint density at radius 2 is 1.12 bits per heavy atom. The molecule has 0 aromatic heterocycles. The van der Waals surface area contributed by atoms with Gasteiger partial charge in [0, 0.05) is 0 Å². The number of hydrogen-bond donors (Lipinski definition) is 0. The van der Waals surface area contributed by atoms with E-state index in [0.717, 1.165) is 6.42 Å². The molecular formula is C33H24. The number of hydrogen-bond acceptors (Lipinski definition) is 0. The van der Waals surface area contributed by atoms with Gasteiger partial charge >= 0.3 is 0 Å². The Bertz CT molecular complexity index is 1520. The molecule has 1 aliphatic carbocycles. The third kappa shape index (κ3) is 3.41. The Kier molecular flexibility index (Phi) is 4.78. The molecular weight excluding hydrogens is 396 g/mol. The Morgan fingerprint density at radius 3 is 1.91 bits per heavy atom. The first-order valence-corrected chi connectivity index (χ1v) is 11.4. The van der Waals surface area contributed by atoms with E-state index in [-0.39, 0.29) is 0 Å². The van der Waals surface area contributed by atoms with E-state index in [4.69, 9.17) is 0 Å². The SMILES string of the molecule is C=C1Cc2ccccc2C(c2ccccc2)=C1c1cc(-c2ccccc2)c2ccccc2c1. The summed E-state index contributed by atoms with van der Waals surface area (Å²) in [5.41, 5.74) is 11.3. The molecule has 156 valence electrons. The number of rotatable bonds is 3. The van der Waals surface area contributed by atoms with Gasteiger partial charge in [-0.1, -0.05) is 116 Å². The molecule has 33 heavy (non-hydrogen) atoms. The topological polar surface area (TPSA) is 0 Å². The van der Waals surface area contributed by atoms with Gasteiger partial charge in [0.15, 0.2) is 0 Å². The summed E-state index contributed by atoms with van der Waals surface area (Å²) in [5, 5.41) is 2.52. The summed E-state index contributed by atoms with van der Waals surface area (Å²) < 4.78 is 0. The summed E-state index contributed by atoms with van der Waals surface area (Å²) in [6.07, 6.45) is 0.870. The van der Waals surface area contributed by atoms with Gasteiger partial charge in [0.2, 0.25) is 0 Å². The smallest absolute Gasteiger partial charge is 0.00191 e. The molecule has 0 aliphatic heterocycles. The van der Waals surface area contributed by atoms with Gasteiger partial charge in [0.1, 0.15) is 0 Å². The zero-order valence-corrected chi connectivity index (χ0v) is 18.5. The summed E-state index contributed by atoms with van der Waals surface area (Å²) in [5.74, 6) is 0. The molecule has 0 heteroatoms. The van der Waals surface area contributed by atoms with Crippen molar-refractivity contribution in [1.29, 1.82) is 0 Å². The number of fused-ring (bicyclic) bond motifs is 2. The second-order valence-electron chi connectivity index (χ2n) is 8.66. The van der Waals surface area contributed by atoms with Crippen molar-refractivity contribution >= 4 is 21.9 Å². The van der Waals surface area contributed by atoms with Crippen LogP contribution in [0.4, 0.5) is 0 Å². The van der Waals surface area contributed by atoms with Crippen molar-refractivity contribution in [3.05, 3.63) is 156 Å². The van der Waals surface area contributed by atoms with Crippen LogP contribution >= 0.6 is 0 Å². The molecule has 0 bridgehead atoms. The fraction of sp³-hybridized carbons (Fsp3) is 0.0303. The minimum absolute atomic E-state index is 0.870. The zero-order valence-electron chi connectivity index (χ0n) is 18.5. The number of allylic oxidation sites excluding steroid dienone is 2. The van der Waals surface area contributed by atoms with Crippen molar-refractivity contribution in [1.82, 2.24) is 0 Å². The van der Waals surface area contributed by atoms with E-state index in [9.17, 15) is 0 Å². The number of benzene rings is 5. The second-order valence-corrected chi connectivity index (χ2v) is 8.66. The predicted octanol–water partition coefficient (Wildman–Crippen LogP) is 8.58. The Labute approximate surface area is 195 Å². The Morgan fingerprint density at radius 1 is 0.485 bits per heavy atom. The normalized spacial score (nSPS) is 13.3. The van der Waals surface area contributed by atoms with Crippen molar-refractivity contribution < 1.29 is 0 Å². The standard InChI is InChI=1S/C33H24/c1-23-20-26-16-9-11-19-30(26)33(25-14-6-3-7-15-25)32(23)28-21-27-17-8-10-18-29(27)31(22-28)24-12-4-2-5-13-24/h2-19,21-22H,1,20H2. The third-order valence-electron chi connectivity index (χ3n) is 6.59. The van der Waals surface area contributed by atoms with Crippen LogP contribution in [0.3, 0.4) is 0 Å². The molecule has 1 aliphatic rings. The minimum Gasteiger partial charge on any atom is -0.0949 e. The van der Waals surface area contributed by atoms with Gasteiger partial charge in [0.05, 0.1) is 0 Å². The summed E-state index contributed by atoms with van der Waals surface area (Å²) in [6.45, 7) is 4.57. The summed E-state index contributed by atoms with van der Waals surface area (Å²) in [7, 11) is 0. The van der Waals surface area contributed by atoms with Crippen molar-refractivity contribution in [2.45, 2.75) is 6.42 Å². The molecule has 0 atom stereocenters. The van der Waals surface area contributed by atoms with Crippen LogP contribution in [-0.4, -0.2) is 0 Å². The molecule has 0 saturated carbocycles. The van der Waals surface area contributed by atoms with E-state index < -0.39 is 0 Å². The van der Waals surface area contributed by atoms with E-state index in [1.165, 1.54) is 60.9 Å². The highest BCUT2D eigenvalue weighted by atomic mass is 14.3. The van der Waals surface area contributed by atoms with E-state index in [0.29, 0.717) is 0 Å². The summed E-state index contributed by atoms with van der Waals surface area (Å²) >= 11 is 0. The van der Waals surface area contributed by atoms with Crippen LogP contribution in [0.1, 0.15) is 22.3 Å². The highest BCUT2D eigenvalue weighted by Gasteiger charge is 2.24. The van der Waals surface area contributed by atoms with Crippen molar-refractivity contribution in [3.63, 3.8) is 0 Å². The van der Waals surface area contributed by atoms with E-state index in [1.807, 2.05) is 0 Å². The highest BCUT2D eigenvalue weighted by Crippen LogP contribution is 2.44. The quantitative estimate of drug-likeness (QED) is 0.274. The zero-order chi connectivity index (χ0) is 22.2. The van der Waals surface area contributed by atoms with E-state index in [2.05, 4.69) is 128 Å². The second kappa shape index (κ2) is 8.07. The monoisotopic (exact) mass is 420 g/mol. The maximum absolute atomic E-state index is 4.57. The molecule has 0 fully saturated rings. The first-order valence-electron chi connectivity index (χ1n) is 11.4. The van der Waals surface area contributed by atoms with Crippen molar-refractivity contribution in [2.75, 3.05) is 0 Å². The van der Waals surface area contributed by atoms with Crippen LogP contribution in [0, 0.1) is 0 Å². The molecule has 5 aromatic carbocycles. The van der Waals surface area contributed by atoms with Gasteiger partial charge in [-0.05, 0) is 79.4 Å². The van der Waals surface area contributed by atoms with E-state index >= 15 is 0 Å². The average Bonchev–Trinajstić information content (AvgIpc) is 2.88. The fourth-order valence-electron chi connectivity index (χ4n) is 5.11. The lowest BCUT2D eigenvalue weighted by Crippen LogP contribution is -2.08. The maximum Gasteiger partial charge on any atom is -0.00191 e. The van der Waals surface area contributed by atoms with Crippen LogP contribution in [0.5, 0.6) is 0 Å². The molecule has 6 rings (SSSR count). The van der Waals surface area contributed by atoms with E-state index in [1.54, 1.807) is 0 Å². The van der Waals surface area contributed by atoms with Gasteiger partial charge in [-0.2, -0.15) is 0 Å². The largest absolute Gasteiger partial charge is 0.0949 e. The summed E-state index contributed by atoms with van der Waals surface area (Å²) in [4.78, 5) is 0. The first-order chi connectivity index (χ1) is 16.3. The van der Waals surface area contributed by atoms with Crippen molar-refractivity contribution in [2.24, 2.45) is 0 Å². The predicted molar refractivity (Wildman–Crippen MR) is 141 cm³/mol. The van der Waals surface area contributed by atoms with Crippen molar-refractivity contribution in [3.8, 4) is 11.1 Å². The molecule has 0 saturated heterocycles. The third-order valence-corrected chi connectivity index (χ3v) is 6.59. The first kappa shape index (κ1) is 19.5. The molecule has 0 unspecified atom stereocenters. The lowest BCUT2D eigenvalue weighted by Gasteiger charge is -2.27. The highest BCUT2D eigenvalue weighted by molar-refractivity contribution is 6.09. The van der Waals surface area contributed by atoms with Gasteiger partial charge < -0.3 is 0 Å². The fourth-order valence-corrected chi connectivity index (χ4v) is 5.11. The van der Waals surface area contributed by atoms with Gasteiger partial charge in [-0.15, -0.1) is 0 Å². The molecule has 5 aromatic rings. The molecule has 0 radical (unpaired) electrons. The molecule has 0 N–H and O–H groups in total. The molecule has 0 heterocycles. The van der Waals surface area contributed by atoms with Gasteiger partial charge in [0.25, 0.3) is 0 Å². The lowest BCUT2D eigenvalue weighted by molar-refractivity contribution is 1.17.